The predicted octanol–water partition coefficient (Wildman–Crippen LogP) is 4.78. The molecule has 146 valence electrons. The number of aromatic nitrogens is 2. The number of hydrogen-bond acceptors (Lipinski definition) is 6. The number of carbonyl (C=O) groups is 1. The summed E-state index contributed by atoms with van der Waals surface area (Å²) < 4.78 is 11.7. The van der Waals surface area contributed by atoms with Crippen LogP contribution >= 0.6 is 27.3 Å². The molecule has 4 aromatic rings. The number of ether oxygens (including phenoxy) is 2. The average molecular weight is 471 g/mol. The van der Waals surface area contributed by atoms with Gasteiger partial charge in [-0.1, -0.05) is 34.1 Å². The summed E-state index contributed by atoms with van der Waals surface area (Å²) in [4.78, 5) is 31.7. The molecule has 2 aromatic carbocycles. The van der Waals surface area contributed by atoms with E-state index in [9.17, 15) is 9.59 Å². The van der Waals surface area contributed by atoms with Gasteiger partial charge in [-0.25, -0.2) is 9.78 Å². The van der Waals surface area contributed by atoms with Crippen LogP contribution < -0.4 is 10.3 Å². The van der Waals surface area contributed by atoms with E-state index in [1.807, 2.05) is 23.6 Å². The van der Waals surface area contributed by atoms with Crippen molar-refractivity contribution in [2.45, 2.75) is 6.61 Å². The zero-order valence-corrected chi connectivity index (χ0v) is 17.7. The number of benzene rings is 2. The van der Waals surface area contributed by atoms with Gasteiger partial charge in [-0.2, -0.15) is 0 Å². The zero-order valence-electron chi connectivity index (χ0n) is 15.3. The number of carbonyl (C=O) groups excluding carboxylic acids is 1. The van der Waals surface area contributed by atoms with E-state index in [2.05, 4.69) is 25.9 Å². The molecule has 0 aliphatic rings. The van der Waals surface area contributed by atoms with Crippen LogP contribution in [0.15, 0.2) is 63.2 Å². The molecule has 1 N–H and O–H groups in total. The van der Waals surface area contributed by atoms with Gasteiger partial charge in [0.05, 0.1) is 23.9 Å². The first-order valence-electron chi connectivity index (χ1n) is 8.62. The summed E-state index contributed by atoms with van der Waals surface area (Å²) in [6, 6.07) is 14.0. The highest BCUT2D eigenvalue weighted by atomic mass is 79.9. The average Bonchev–Trinajstić information content (AvgIpc) is 3.20. The van der Waals surface area contributed by atoms with Crippen LogP contribution in [0.2, 0.25) is 0 Å². The van der Waals surface area contributed by atoms with Gasteiger partial charge in [0.25, 0.3) is 0 Å². The second-order valence-corrected chi connectivity index (χ2v) is 7.93. The van der Waals surface area contributed by atoms with Crippen molar-refractivity contribution in [3.63, 3.8) is 0 Å². The van der Waals surface area contributed by atoms with Gasteiger partial charge in [-0.05, 0) is 24.3 Å². The second kappa shape index (κ2) is 8.18. The minimum atomic E-state index is -0.568. The van der Waals surface area contributed by atoms with E-state index in [1.165, 1.54) is 17.4 Å². The van der Waals surface area contributed by atoms with Crippen molar-refractivity contribution >= 4 is 44.1 Å². The third-order valence-electron chi connectivity index (χ3n) is 4.27. The number of thiazole rings is 1. The van der Waals surface area contributed by atoms with E-state index in [1.54, 1.807) is 31.4 Å². The molecule has 0 saturated heterocycles. The summed E-state index contributed by atoms with van der Waals surface area (Å²) >= 11 is 4.89. The zero-order chi connectivity index (χ0) is 20.4. The summed E-state index contributed by atoms with van der Waals surface area (Å²) in [5.74, 6) is 0.142. The topological polar surface area (TPSA) is 81.3 Å². The van der Waals surface area contributed by atoms with Crippen molar-refractivity contribution in [1.29, 1.82) is 0 Å². The molecule has 0 amide bonds. The fourth-order valence-electron chi connectivity index (χ4n) is 2.94. The van der Waals surface area contributed by atoms with Gasteiger partial charge in [0, 0.05) is 26.8 Å². The van der Waals surface area contributed by atoms with E-state index in [-0.39, 0.29) is 17.7 Å². The molecule has 0 aliphatic heterocycles. The number of methoxy groups -OCH3 is 1. The maximum absolute atomic E-state index is 12.6. The van der Waals surface area contributed by atoms with Gasteiger partial charge < -0.3 is 14.5 Å². The van der Waals surface area contributed by atoms with Crippen molar-refractivity contribution in [2.75, 3.05) is 7.11 Å². The van der Waals surface area contributed by atoms with Gasteiger partial charge in [0.2, 0.25) is 5.56 Å². The predicted molar refractivity (Wildman–Crippen MR) is 115 cm³/mol. The maximum atomic E-state index is 12.6. The van der Waals surface area contributed by atoms with E-state index < -0.39 is 5.97 Å². The third kappa shape index (κ3) is 4.08. The lowest BCUT2D eigenvalue weighted by Crippen LogP contribution is -2.13. The number of hydrogen-bond donors (Lipinski definition) is 1. The van der Waals surface area contributed by atoms with Crippen LogP contribution in [0.5, 0.6) is 5.75 Å². The summed E-state index contributed by atoms with van der Waals surface area (Å²) in [5, 5.41) is 3.23. The molecule has 0 bridgehead atoms. The number of rotatable bonds is 5. The summed E-state index contributed by atoms with van der Waals surface area (Å²) in [6.45, 7) is 0.00672. The van der Waals surface area contributed by atoms with Crippen LogP contribution in [0.1, 0.15) is 16.1 Å². The Morgan fingerprint density at radius 3 is 2.86 bits per heavy atom. The summed E-state index contributed by atoms with van der Waals surface area (Å²) in [5.41, 5.74) is 1.94. The molecule has 0 atom stereocenters. The number of para-hydroxylation sites is 1. The van der Waals surface area contributed by atoms with Crippen molar-refractivity contribution in [1.82, 2.24) is 9.97 Å². The molecule has 2 aromatic heterocycles. The largest absolute Gasteiger partial charge is 0.496 e. The fourth-order valence-corrected chi connectivity index (χ4v) is 4.12. The number of aromatic amines is 1. The Kier molecular flexibility index (Phi) is 5.46. The molecule has 0 aliphatic carbocycles. The SMILES string of the molecule is COc1ccc(Br)cc1-c1nc(COC(=O)c2cc(=O)[nH]c3ccccc23)cs1. The number of fused-ring (bicyclic) bond motifs is 1. The maximum Gasteiger partial charge on any atom is 0.339 e. The van der Waals surface area contributed by atoms with E-state index >= 15 is 0 Å². The number of H-pyrrole nitrogens is 1. The summed E-state index contributed by atoms with van der Waals surface area (Å²) in [7, 11) is 1.61. The van der Waals surface area contributed by atoms with Crippen molar-refractivity contribution in [3.8, 4) is 16.3 Å². The van der Waals surface area contributed by atoms with Crippen LogP contribution in [-0.2, 0) is 11.3 Å². The lowest BCUT2D eigenvalue weighted by atomic mass is 10.1. The number of nitrogens with zero attached hydrogens (tertiary/aromatic N) is 1. The molecule has 0 saturated carbocycles. The van der Waals surface area contributed by atoms with Crippen LogP contribution in [-0.4, -0.2) is 23.0 Å². The van der Waals surface area contributed by atoms with E-state index in [4.69, 9.17) is 9.47 Å². The summed E-state index contributed by atoms with van der Waals surface area (Å²) in [6.07, 6.45) is 0. The Morgan fingerprint density at radius 1 is 1.21 bits per heavy atom. The Morgan fingerprint density at radius 2 is 2.03 bits per heavy atom. The third-order valence-corrected chi connectivity index (χ3v) is 5.68. The van der Waals surface area contributed by atoms with Crippen LogP contribution in [0.25, 0.3) is 21.5 Å². The van der Waals surface area contributed by atoms with Gasteiger partial charge in [-0.15, -0.1) is 11.3 Å². The molecular formula is C21H15BrN2O4S. The number of nitrogens with one attached hydrogen (secondary N) is 1. The minimum Gasteiger partial charge on any atom is -0.496 e. The fraction of sp³-hybridized carbons (Fsp3) is 0.0952. The number of esters is 1. The van der Waals surface area contributed by atoms with Gasteiger partial charge in [0.1, 0.15) is 17.4 Å². The molecule has 2 heterocycles. The molecule has 0 fully saturated rings. The van der Waals surface area contributed by atoms with Gasteiger partial charge in [0.15, 0.2) is 0 Å². The first-order valence-corrected chi connectivity index (χ1v) is 10.3. The Bertz CT molecular complexity index is 1270. The van der Waals surface area contributed by atoms with E-state index in [0.717, 1.165) is 15.0 Å². The van der Waals surface area contributed by atoms with Crippen molar-refractivity contribution in [2.24, 2.45) is 0 Å². The Labute approximate surface area is 178 Å². The highest BCUT2D eigenvalue weighted by Crippen LogP contribution is 2.34. The van der Waals surface area contributed by atoms with Gasteiger partial charge in [-0.3, -0.25) is 4.79 Å². The number of pyridine rings is 1. The first-order chi connectivity index (χ1) is 14.0. The molecule has 0 unspecified atom stereocenters. The lowest BCUT2D eigenvalue weighted by molar-refractivity contribution is 0.0470. The monoisotopic (exact) mass is 470 g/mol. The minimum absolute atomic E-state index is 0.00672. The molecular weight excluding hydrogens is 456 g/mol. The first kappa shape index (κ1) is 19.4. The molecule has 8 heteroatoms. The number of halogens is 1. The van der Waals surface area contributed by atoms with Crippen LogP contribution in [0.4, 0.5) is 0 Å². The smallest absolute Gasteiger partial charge is 0.339 e. The highest BCUT2D eigenvalue weighted by Gasteiger charge is 2.15. The second-order valence-electron chi connectivity index (χ2n) is 6.16. The Hall–Kier alpha value is -2.97. The molecule has 4 rings (SSSR count). The van der Waals surface area contributed by atoms with Crippen molar-refractivity contribution in [3.05, 3.63) is 80.0 Å². The molecule has 6 nitrogen and oxygen atoms in total. The standard InChI is InChI=1S/C21H15BrN2O4S/c1-27-18-7-6-12(22)8-16(18)20-23-13(11-29-20)10-28-21(26)15-9-19(25)24-17-5-3-2-4-14(15)17/h2-9,11H,10H2,1H3,(H,24,25). The normalized spacial score (nSPS) is 10.8. The lowest BCUT2D eigenvalue weighted by Gasteiger charge is -2.07. The van der Waals surface area contributed by atoms with Crippen LogP contribution in [0.3, 0.4) is 0 Å². The molecule has 29 heavy (non-hydrogen) atoms. The Balaban J connectivity index is 1.55. The van der Waals surface area contributed by atoms with Crippen molar-refractivity contribution < 1.29 is 14.3 Å². The van der Waals surface area contributed by atoms with E-state index in [0.29, 0.717) is 22.3 Å². The van der Waals surface area contributed by atoms with Crippen LogP contribution in [0, 0.1) is 0 Å². The van der Waals surface area contributed by atoms with Gasteiger partial charge >= 0.3 is 5.97 Å². The molecule has 0 radical (unpaired) electrons. The quantitative estimate of drug-likeness (QED) is 0.424. The molecule has 0 spiro atoms. The highest BCUT2D eigenvalue weighted by molar-refractivity contribution is 9.10.